The van der Waals surface area contributed by atoms with Gasteiger partial charge in [0.1, 0.15) is 11.3 Å². The predicted octanol–water partition coefficient (Wildman–Crippen LogP) is 3.50. The monoisotopic (exact) mass is 348 g/mol. The molecule has 1 unspecified atom stereocenters. The highest BCUT2D eigenvalue weighted by atomic mass is 19.3. The van der Waals surface area contributed by atoms with Gasteiger partial charge in [0.2, 0.25) is 5.88 Å². The molecule has 1 aromatic heterocycles. The van der Waals surface area contributed by atoms with Gasteiger partial charge in [-0.2, -0.15) is 8.78 Å². The van der Waals surface area contributed by atoms with E-state index >= 15 is 0 Å². The number of benzene rings is 1. The number of amides is 1. The molecule has 25 heavy (non-hydrogen) atoms. The van der Waals surface area contributed by atoms with Crippen LogP contribution in [0.5, 0.6) is 11.6 Å². The third-order valence-corrected chi connectivity index (χ3v) is 4.17. The summed E-state index contributed by atoms with van der Waals surface area (Å²) in [5, 5.41) is 2.98. The second-order valence-electron chi connectivity index (χ2n) is 5.72. The number of aromatic nitrogens is 1. The lowest BCUT2D eigenvalue weighted by atomic mass is 9.87. The van der Waals surface area contributed by atoms with Gasteiger partial charge >= 0.3 is 6.61 Å². The van der Waals surface area contributed by atoms with E-state index in [1.807, 2.05) is 0 Å². The van der Waals surface area contributed by atoms with E-state index in [1.54, 1.807) is 30.5 Å². The van der Waals surface area contributed by atoms with Gasteiger partial charge in [0, 0.05) is 6.20 Å². The van der Waals surface area contributed by atoms with Crippen molar-refractivity contribution in [2.45, 2.75) is 31.9 Å². The molecule has 0 bridgehead atoms. The molecule has 3 rings (SSSR count). The van der Waals surface area contributed by atoms with Crippen LogP contribution in [0.4, 0.5) is 8.78 Å². The number of fused-ring (bicyclic) bond motifs is 1. The second kappa shape index (κ2) is 7.46. The zero-order chi connectivity index (χ0) is 17.8. The Morgan fingerprint density at radius 1 is 1.36 bits per heavy atom. The van der Waals surface area contributed by atoms with Crippen LogP contribution < -0.4 is 14.8 Å². The number of carbonyl (C=O) groups excluding carboxylic acids is 1. The molecule has 0 fully saturated rings. The van der Waals surface area contributed by atoms with Crippen molar-refractivity contribution in [2.24, 2.45) is 0 Å². The Labute approximate surface area is 144 Å². The Morgan fingerprint density at radius 3 is 2.96 bits per heavy atom. The second-order valence-corrected chi connectivity index (χ2v) is 5.72. The van der Waals surface area contributed by atoms with Crippen LogP contribution in [0.1, 0.15) is 40.4 Å². The number of aryl methyl sites for hydroxylation is 1. The van der Waals surface area contributed by atoms with E-state index in [2.05, 4.69) is 15.0 Å². The van der Waals surface area contributed by atoms with Crippen LogP contribution in [0.15, 0.2) is 36.5 Å². The van der Waals surface area contributed by atoms with E-state index in [0.717, 1.165) is 30.4 Å². The van der Waals surface area contributed by atoms with Crippen LogP contribution in [-0.4, -0.2) is 24.6 Å². The van der Waals surface area contributed by atoms with Crippen LogP contribution >= 0.6 is 0 Å². The minimum Gasteiger partial charge on any atom is -0.480 e. The van der Waals surface area contributed by atoms with E-state index in [1.165, 1.54) is 13.2 Å². The van der Waals surface area contributed by atoms with Crippen molar-refractivity contribution in [2.75, 3.05) is 7.11 Å². The quantitative estimate of drug-likeness (QED) is 0.898. The summed E-state index contributed by atoms with van der Waals surface area (Å²) >= 11 is 0. The number of alkyl halides is 2. The fourth-order valence-electron chi connectivity index (χ4n) is 3.08. The fourth-order valence-corrected chi connectivity index (χ4v) is 3.08. The van der Waals surface area contributed by atoms with Crippen LogP contribution in [0, 0.1) is 0 Å². The molecule has 1 aliphatic rings. The topological polar surface area (TPSA) is 60.5 Å². The zero-order valence-electron chi connectivity index (χ0n) is 13.7. The maximum absolute atomic E-state index is 12.6. The molecule has 0 spiro atoms. The number of nitrogens with one attached hydrogen (secondary N) is 1. The Bertz CT molecular complexity index is 768. The van der Waals surface area contributed by atoms with Gasteiger partial charge in [-0.1, -0.05) is 6.07 Å². The number of hydrogen-bond acceptors (Lipinski definition) is 4. The molecule has 0 aliphatic heterocycles. The number of nitrogens with zero attached hydrogens (tertiary/aromatic N) is 1. The smallest absolute Gasteiger partial charge is 0.387 e. The summed E-state index contributed by atoms with van der Waals surface area (Å²) in [7, 11) is 1.46. The summed E-state index contributed by atoms with van der Waals surface area (Å²) < 4.78 is 34.3. The molecule has 1 atom stereocenters. The summed E-state index contributed by atoms with van der Waals surface area (Å²) in [5.74, 6) is 0.113. The lowest BCUT2D eigenvalue weighted by Crippen LogP contribution is -2.31. The third kappa shape index (κ3) is 3.87. The molecule has 1 N–H and O–H groups in total. The first-order valence-electron chi connectivity index (χ1n) is 7.96. The molecule has 1 heterocycles. The average molecular weight is 348 g/mol. The van der Waals surface area contributed by atoms with Crippen LogP contribution in [0.2, 0.25) is 0 Å². The Hall–Kier alpha value is -2.70. The highest BCUT2D eigenvalue weighted by Crippen LogP contribution is 2.33. The number of carbonyl (C=O) groups is 1. The van der Waals surface area contributed by atoms with E-state index < -0.39 is 6.61 Å². The Kier molecular flexibility index (Phi) is 5.11. The standard InChI is InChI=1S/C18H18F2N2O3/c1-24-17-14(5-3-9-21-17)16(23)22-15-6-2-4-11-10-12(25-18(19)20)7-8-13(11)15/h3,5,7-10,15,18H,2,4,6H2,1H3,(H,22,23). The molecular weight excluding hydrogens is 330 g/mol. The largest absolute Gasteiger partial charge is 0.480 e. The first kappa shape index (κ1) is 17.1. The highest BCUT2D eigenvalue weighted by molar-refractivity contribution is 5.96. The summed E-state index contributed by atoms with van der Waals surface area (Å²) in [6.45, 7) is -2.85. The molecule has 5 nitrogen and oxygen atoms in total. The van der Waals surface area contributed by atoms with Crippen molar-refractivity contribution >= 4 is 5.91 Å². The van der Waals surface area contributed by atoms with Crippen molar-refractivity contribution in [1.29, 1.82) is 0 Å². The van der Waals surface area contributed by atoms with Crippen molar-refractivity contribution in [3.8, 4) is 11.6 Å². The minimum atomic E-state index is -2.85. The fraction of sp³-hybridized carbons (Fsp3) is 0.333. The molecule has 0 saturated heterocycles. The summed E-state index contributed by atoms with van der Waals surface area (Å²) in [6.07, 6.45) is 3.94. The van der Waals surface area contributed by atoms with Gasteiger partial charge < -0.3 is 14.8 Å². The van der Waals surface area contributed by atoms with Gasteiger partial charge in [-0.3, -0.25) is 4.79 Å². The van der Waals surface area contributed by atoms with Gasteiger partial charge in [-0.05, 0) is 54.7 Å². The molecule has 0 saturated carbocycles. The maximum Gasteiger partial charge on any atom is 0.387 e. The van der Waals surface area contributed by atoms with Gasteiger partial charge in [0.15, 0.2) is 0 Å². The van der Waals surface area contributed by atoms with Crippen molar-refractivity contribution in [3.05, 3.63) is 53.2 Å². The van der Waals surface area contributed by atoms with E-state index in [-0.39, 0.29) is 23.6 Å². The number of ether oxygens (including phenoxy) is 2. The first-order valence-corrected chi connectivity index (χ1v) is 7.96. The van der Waals surface area contributed by atoms with Gasteiger partial charge in [0.25, 0.3) is 5.91 Å². The normalized spacial score (nSPS) is 16.2. The van der Waals surface area contributed by atoms with E-state index in [4.69, 9.17) is 4.74 Å². The molecular formula is C18H18F2N2O3. The lowest BCUT2D eigenvalue weighted by molar-refractivity contribution is -0.0499. The molecule has 2 aromatic rings. The number of halogens is 2. The Morgan fingerprint density at radius 2 is 2.20 bits per heavy atom. The lowest BCUT2D eigenvalue weighted by Gasteiger charge is -2.27. The molecule has 1 aromatic carbocycles. The predicted molar refractivity (Wildman–Crippen MR) is 87.0 cm³/mol. The van der Waals surface area contributed by atoms with E-state index in [9.17, 15) is 13.6 Å². The maximum atomic E-state index is 12.6. The van der Waals surface area contributed by atoms with Gasteiger partial charge in [-0.25, -0.2) is 4.98 Å². The minimum absolute atomic E-state index is 0.134. The van der Waals surface area contributed by atoms with E-state index in [0.29, 0.717) is 5.56 Å². The number of methoxy groups -OCH3 is 1. The summed E-state index contributed by atoms with van der Waals surface area (Å²) in [4.78, 5) is 16.6. The van der Waals surface area contributed by atoms with Gasteiger partial charge in [-0.15, -0.1) is 0 Å². The van der Waals surface area contributed by atoms with Crippen molar-refractivity contribution < 1.29 is 23.0 Å². The average Bonchev–Trinajstić information content (AvgIpc) is 2.61. The first-order chi connectivity index (χ1) is 12.1. The van der Waals surface area contributed by atoms with Crippen LogP contribution in [-0.2, 0) is 6.42 Å². The van der Waals surface area contributed by atoms with Crippen LogP contribution in [0.25, 0.3) is 0 Å². The van der Waals surface area contributed by atoms with Gasteiger partial charge in [0.05, 0.1) is 13.2 Å². The number of pyridine rings is 1. The van der Waals surface area contributed by atoms with Crippen molar-refractivity contribution in [1.82, 2.24) is 10.3 Å². The number of hydrogen-bond donors (Lipinski definition) is 1. The summed E-state index contributed by atoms with van der Waals surface area (Å²) in [6, 6.07) is 7.97. The number of rotatable bonds is 5. The highest BCUT2D eigenvalue weighted by Gasteiger charge is 2.24. The molecule has 132 valence electrons. The Balaban J connectivity index is 1.80. The molecule has 1 aliphatic carbocycles. The van der Waals surface area contributed by atoms with Crippen molar-refractivity contribution in [3.63, 3.8) is 0 Å². The van der Waals surface area contributed by atoms with Crippen LogP contribution in [0.3, 0.4) is 0 Å². The molecule has 0 radical (unpaired) electrons. The molecule has 1 amide bonds. The molecule has 7 heteroatoms. The summed E-state index contributed by atoms with van der Waals surface area (Å²) in [5.41, 5.74) is 2.19. The SMILES string of the molecule is COc1ncccc1C(=O)NC1CCCc2cc(OC(F)F)ccc21. The zero-order valence-corrected chi connectivity index (χ0v) is 13.7. The third-order valence-electron chi connectivity index (χ3n) is 4.17.